The monoisotopic (exact) mass is 392 g/mol. The molecule has 0 N–H and O–H groups in total. The number of halogens is 1. The Labute approximate surface area is 168 Å². The molecule has 2 aromatic heterocycles. The van der Waals surface area contributed by atoms with E-state index < -0.39 is 0 Å². The molecule has 1 aliphatic heterocycles. The van der Waals surface area contributed by atoms with Crippen molar-refractivity contribution in [3.8, 4) is 5.82 Å². The summed E-state index contributed by atoms with van der Waals surface area (Å²) in [7, 11) is 0. The number of aryl methyl sites for hydroxylation is 1. The van der Waals surface area contributed by atoms with Gasteiger partial charge in [0.05, 0.1) is 5.69 Å². The van der Waals surface area contributed by atoms with Gasteiger partial charge in [-0.25, -0.2) is 9.07 Å². The fourth-order valence-corrected chi connectivity index (χ4v) is 3.18. The molecule has 1 aromatic carbocycles. The molecule has 148 valence electrons. The lowest BCUT2D eigenvalue weighted by molar-refractivity contribution is -0.126. The van der Waals surface area contributed by atoms with Crippen molar-refractivity contribution in [1.29, 1.82) is 0 Å². The van der Waals surface area contributed by atoms with Crippen molar-refractivity contribution >= 4 is 17.8 Å². The number of carbonyl (C=O) groups excluding carboxylic acids is 1. The van der Waals surface area contributed by atoms with Gasteiger partial charge in [0, 0.05) is 44.0 Å². The quantitative estimate of drug-likeness (QED) is 0.638. The van der Waals surface area contributed by atoms with Crippen LogP contribution in [-0.4, -0.2) is 57.0 Å². The highest BCUT2D eigenvalue weighted by atomic mass is 19.1. The highest BCUT2D eigenvalue weighted by molar-refractivity contribution is 5.92. The molecule has 1 saturated heterocycles. The Hall–Kier alpha value is -3.55. The smallest absolute Gasteiger partial charge is 0.246 e. The Balaban J connectivity index is 1.34. The molecule has 7 nitrogen and oxygen atoms in total. The molecule has 3 heterocycles. The average Bonchev–Trinajstić information content (AvgIpc) is 3.19. The van der Waals surface area contributed by atoms with E-state index in [1.54, 1.807) is 27.8 Å². The lowest BCUT2D eigenvalue weighted by atomic mass is 10.2. The zero-order valence-electron chi connectivity index (χ0n) is 16.1. The first-order valence-corrected chi connectivity index (χ1v) is 9.43. The number of piperazine rings is 1. The van der Waals surface area contributed by atoms with E-state index in [0.29, 0.717) is 37.6 Å². The minimum absolute atomic E-state index is 0.122. The van der Waals surface area contributed by atoms with Crippen LogP contribution in [0.5, 0.6) is 0 Å². The van der Waals surface area contributed by atoms with E-state index in [1.165, 1.54) is 18.2 Å². The molecule has 0 saturated carbocycles. The molecule has 0 unspecified atom stereocenters. The summed E-state index contributed by atoms with van der Waals surface area (Å²) in [5, 5.41) is 12.9. The van der Waals surface area contributed by atoms with Gasteiger partial charge in [-0.3, -0.25) is 4.79 Å². The number of hydrogen-bond acceptors (Lipinski definition) is 5. The van der Waals surface area contributed by atoms with E-state index >= 15 is 0 Å². The van der Waals surface area contributed by atoms with Crippen molar-refractivity contribution in [3.05, 3.63) is 71.8 Å². The van der Waals surface area contributed by atoms with Gasteiger partial charge < -0.3 is 9.80 Å². The molecule has 0 radical (unpaired) electrons. The number of carbonyl (C=O) groups is 1. The predicted octanol–water partition coefficient (Wildman–Crippen LogP) is 2.47. The Morgan fingerprint density at radius 1 is 1.00 bits per heavy atom. The van der Waals surface area contributed by atoms with E-state index in [1.807, 2.05) is 31.3 Å². The number of benzene rings is 1. The zero-order chi connectivity index (χ0) is 20.2. The topological polar surface area (TPSA) is 67.2 Å². The molecule has 0 spiro atoms. The first kappa shape index (κ1) is 18.8. The second-order valence-electron chi connectivity index (χ2n) is 6.82. The number of amides is 1. The zero-order valence-corrected chi connectivity index (χ0v) is 16.1. The van der Waals surface area contributed by atoms with Crippen LogP contribution in [0.25, 0.3) is 11.9 Å². The van der Waals surface area contributed by atoms with Crippen molar-refractivity contribution in [2.24, 2.45) is 0 Å². The fourth-order valence-electron chi connectivity index (χ4n) is 3.18. The van der Waals surface area contributed by atoms with Crippen molar-refractivity contribution in [3.63, 3.8) is 0 Å². The van der Waals surface area contributed by atoms with E-state index in [4.69, 9.17) is 0 Å². The number of anilines is 1. The van der Waals surface area contributed by atoms with E-state index in [2.05, 4.69) is 20.2 Å². The summed E-state index contributed by atoms with van der Waals surface area (Å²) in [5.41, 5.74) is 1.32. The highest BCUT2D eigenvalue weighted by Gasteiger charge is 2.21. The molecule has 0 aliphatic carbocycles. The van der Waals surface area contributed by atoms with Crippen LogP contribution in [0.1, 0.15) is 11.3 Å². The molecule has 1 fully saturated rings. The van der Waals surface area contributed by atoms with Crippen LogP contribution in [0.2, 0.25) is 0 Å². The second kappa shape index (κ2) is 8.22. The van der Waals surface area contributed by atoms with E-state index in [-0.39, 0.29) is 11.7 Å². The van der Waals surface area contributed by atoms with Crippen molar-refractivity contribution in [1.82, 2.24) is 24.9 Å². The SMILES string of the molecule is Cc1ccn(-c2ccc(N3CCN(C(=O)/C=C/c4ccccc4F)CC3)nn2)n1. The van der Waals surface area contributed by atoms with Crippen molar-refractivity contribution in [2.45, 2.75) is 6.92 Å². The van der Waals surface area contributed by atoms with E-state index in [0.717, 1.165) is 11.5 Å². The Morgan fingerprint density at radius 3 is 2.38 bits per heavy atom. The maximum atomic E-state index is 13.7. The third-order valence-corrected chi connectivity index (χ3v) is 4.82. The van der Waals surface area contributed by atoms with Crippen molar-refractivity contribution in [2.75, 3.05) is 31.1 Å². The van der Waals surface area contributed by atoms with Crippen molar-refractivity contribution < 1.29 is 9.18 Å². The van der Waals surface area contributed by atoms with Gasteiger partial charge in [0.25, 0.3) is 0 Å². The normalized spacial score (nSPS) is 14.6. The molecular weight excluding hydrogens is 371 g/mol. The van der Waals surface area contributed by atoms with Gasteiger partial charge >= 0.3 is 0 Å². The minimum atomic E-state index is -0.339. The average molecular weight is 392 g/mol. The van der Waals surface area contributed by atoms with Crippen LogP contribution in [0, 0.1) is 12.7 Å². The summed E-state index contributed by atoms with van der Waals surface area (Å²) in [6.45, 7) is 4.39. The molecule has 29 heavy (non-hydrogen) atoms. The summed E-state index contributed by atoms with van der Waals surface area (Å²) in [4.78, 5) is 16.2. The van der Waals surface area contributed by atoms with Gasteiger partial charge in [-0.1, -0.05) is 18.2 Å². The largest absolute Gasteiger partial charge is 0.352 e. The lowest BCUT2D eigenvalue weighted by Gasteiger charge is -2.34. The number of hydrogen-bond donors (Lipinski definition) is 0. The molecule has 4 rings (SSSR count). The van der Waals surface area contributed by atoms with Crippen LogP contribution in [-0.2, 0) is 4.79 Å². The van der Waals surface area contributed by atoms with Crippen LogP contribution in [0.3, 0.4) is 0 Å². The third kappa shape index (κ3) is 4.31. The summed E-state index contributed by atoms with van der Waals surface area (Å²) in [6.07, 6.45) is 4.79. The Kier molecular flexibility index (Phi) is 5.33. The number of nitrogens with zero attached hydrogens (tertiary/aromatic N) is 6. The van der Waals surface area contributed by atoms with Gasteiger partial charge in [-0.05, 0) is 37.3 Å². The summed E-state index contributed by atoms with van der Waals surface area (Å²) in [6, 6.07) is 12.1. The fraction of sp³-hybridized carbons (Fsp3) is 0.238. The predicted molar refractivity (Wildman–Crippen MR) is 108 cm³/mol. The Bertz CT molecular complexity index is 1020. The van der Waals surface area contributed by atoms with Gasteiger partial charge in [0.15, 0.2) is 11.6 Å². The first-order chi connectivity index (χ1) is 14.1. The molecule has 0 atom stereocenters. The van der Waals surface area contributed by atoms with Gasteiger partial charge in [-0.15, -0.1) is 10.2 Å². The van der Waals surface area contributed by atoms with Gasteiger partial charge in [0.2, 0.25) is 5.91 Å². The van der Waals surface area contributed by atoms with Crippen LogP contribution in [0.15, 0.2) is 54.7 Å². The maximum absolute atomic E-state index is 13.7. The molecule has 1 aliphatic rings. The van der Waals surface area contributed by atoms with Crippen LogP contribution in [0.4, 0.5) is 10.2 Å². The molecule has 3 aromatic rings. The summed E-state index contributed by atoms with van der Waals surface area (Å²) >= 11 is 0. The number of rotatable bonds is 4. The maximum Gasteiger partial charge on any atom is 0.246 e. The first-order valence-electron chi connectivity index (χ1n) is 9.43. The number of aromatic nitrogens is 4. The van der Waals surface area contributed by atoms with Crippen LogP contribution < -0.4 is 4.90 Å². The molecule has 1 amide bonds. The standard InChI is InChI=1S/C21H21FN6O/c1-16-10-11-28(25-16)20-8-7-19(23-24-20)26-12-14-27(15-13-26)21(29)9-6-17-4-2-3-5-18(17)22/h2-11H,12-15H2,1H3/b9-6+. The third-order valence-electron chi connectivity index (χ3n) is 4.82. The molecular formula is C21H21FN6O. The lowest BCUT2D eigenvalue weighted by Crippen LogP contribution is -2.48. The highest BCUT2D eigenvalue weighted by Crippen LogP contribution is 2.15. The van der Waals surface area contributed by atoms with Crippen LogP contribution >= 0.6 is 0 Å². The minimum Gasteiger partial charge on any atom is -0.352 e. The summed E-state index contributed by atoms with van der Waals surface area (Å²) < 4.78 is 15.3. The van der Waals surface area contributed by atoms with E-state index in [9.17, 15) is 9.18 Å². The van der Waals surface area contributed by atoms with Gasteiger partial charge in [-0.2, -0.15) is 5.10 Å². The molecule has 8 heteroatoms. The van der Waals surface area contributed by atoms with Gasteiger partial charge in [0.1, 0.15) is 5.82 Å². The Morgan fingerprint density at radius 2 is 1.72 bits per heavy atom. The molecule has 0 bridgehead atoms. The second-order valence-corrected chi connectivity index (χ2v) is 6.82. The summed E-state index contributed by atoms with van der Waals surface area (Å²) in [5.74, 6) is 0.970.